The van der Waals surface area contributed by atoms with Crippen LogP contribution in [0.5, 0.6) is 11.5 Å². The number of ether oxygens (including phenoxy) is 1. The van der Waals surface area contributed by atoms with Crippen molar-refractivity contribution in [2.45, 2.75) is 12.7 Å². The fraction of sp³-hybridized carbons (Fsp3) is 0.0690. The Morgan fingerprint density at radius 3 is 2.29 bits per heavy atom. The predicted molar refractivity (Wildman–Crippen MR) is 168 cm³/mol. The summed E-state index contributed by atoms with van der Waals surface area (Å²) in [7, 11) is -4.64. The van der Waals surface area contributed by atoms with Gasteiger partial charge in [0.05, 0.1) is 28.3 Å². The molecule has 0 fully saturated rings. The Morgan fingerprint density at radius 2 is 1.60 bits per heavy atom. The first-order chi connectivity index (χ1) is 21.6. The minimum atomic E-state index is -4.64. The molecule has 16 heteroatoms. The molecule has 0 saturated heterocycles. The van der Waals surface area contributed by atoms with Crippen molar-refractivity contribution >= 4 is 70.5 Å². The highest BCUT2D eigenvalue weighted by molar-refractivity contribution is 7.52. The summed E-state index contributed by atoms with van der Waals surface area (Å²) >= 11 is 20.1. The van der Waals surface area contributed by atoms with Crippen LogP contribution in [-0.4, -0.2) is 21.3 Å². The third-order valence-corrected chi connectivity index (χ3v) is 9.52. The average Bonchev–Trinajstić information content (AvgIpc) is 3.53. The standard InChI is InChI=1S/C29H19Cl3F2N3O6PS/c30-24-10-9-21(14-26(24)32)37(15-17-7-8-20(25(31)11-17)16-44(40,42-33)43-34)29-36-35-27(45-29)18-3-1-5-22(12-18)41-23-6-2-4-19(13-23)28(38)39/h1-14H,15-16H2,(H,38,39). The number of nitrogens with zero attached hydrogens (tertiary/aromatic N) is 3. The highest BCUT2D eigenvalue weighted by Gasteiger charge is 2.29. The molecule has 0 saturated carbocycles. The molecule has 0 amide bonds. The van der Waals surface area contributed by atoms with Gasteiger partial charge in [-0.05, 0) is 74.8 Å². The van der Waals surface area contributed by atoms with Crippen LogP contribution >= 0.6 is 53.7 Å². The quantitative estimate of drug-likeness (QED) is 0.126. The van der Waals surface area contributed by atoms with Crippen molar-refractivity contribution < 1.29 is 37.7 Å². The number of benzene rings is 4. The molecule has 0 aliphatic carbocycles. The number of carbonyl (C=O) groups is 1. The molecule has 1 heterocycles. The lowest BCUT2D eigenvalue weighted by atomic mass is 10.1. The van der Waals surface area contributed by atoms with Crippen molar-refractivity contribution in [3.8, 4) is 22.1 Å². The summed E-state index contributed by atoms with van der Waals surface area (Å²) in [6, 6.07) is 22.9. The number of rotatable bonds is 12. The lowest BCUT2D eigenvalue weighted by Crippen LogP contribution is -2.16. The fourth-order valence-electron chi connectivity index (χ4n) is 4.15. The second-order valence-electron chi connectivity index (χ2n) is 9.37. The van der Waals surface area contributed by atoms with Gasteiger partial charge in [-0.3, -0.25) is 4.57 Å². The molecule has 9 nitrogen and oxygen atoms in total. The summed E-state index contributed by atoms with van der Waals surface area (Å²) < 4.78 is 49.4. The van der Waals surface area contributed by atoms with E-state index in [1.807, 2.05) is 11.0 Å². The number of hydrogen-bond donors (Lipinski definition) is 1. The molecule has 5 rings (SSSR count). The summed E-state index contributed by atoms with van der Waals surface area (Å²) in [6.07, 6.45) is -0.719. The lowest BCUT2D eigenvalue weighted by Gasteiger charge is -2.22. The Labute approximate surface area is 273 Å². The minimum Gasteiger partial charge on any atom is -0.478 e. The van der Waals surface area contributed by atoms with Crippen LogP contribution in [0.4, 0.5) is 19.9 Å². The number of hydrogen-bond acceptors (Lipinski definition) is 9. The van der Waals surface area contributed by atoms with E-state index in [1.165, 1.54) is 29.5 Å². The zero-order valence-electron chi connectivity index (χ0n) is 22.6. The van der Waals surface area contributed by atoms with Crippen LogP contribution in [-0.2, 0) is 26.7 Å². The molecule has 45 heavy (non-hydrogen) atoms. The Morgan fingerprint density at radius 1 is 0.867 bits per heavy atom. The number of aromatic carboxylic acids is 1. The highest BCUT2D eigenvalue weighted by atomic mass is 35.5. The normalized spacial score (nSPS) is 11.4. The maximum Gasteiger partial charge on any atom is 0.399 e. The Balaban J connectivity index is 1.44. The molecule has 0 atom stereocenters. The first kappa shape index (κ1) is 32.8. The molecule has 232 valence electrons. The minimum absolute atomic E-state index is 0.0829. The summed E-state index contributed by atoms with van der Waals surface area (Å²) in [6.45, 7) is 0.201. The molecular weight excluding hydrogens is 694 g/mol. The summed E-state index contributed by atoms with van der Waals surface area (Å²) in [5.74, 6) is -0.245. The molecule has 0 aliphatic heterocycles. The maximum atomic E-state index is 12.6. The molecule has 0 radical (unpaired) electrons. The van der Waals surface area contributed by atoms with E-state index in [-0.39, 0.29) is 22.7 Å². The second kappa shape index (κ2) is 14.2. The molecule has 1 N–H and O–H groups in total. The summed E-state index contributed by atoms with van der Waals surface area (Å²) in [4.78, 5) is 13.1. The molecule has 0 bridgehead atoms. The molecule has 0 unspecified atom stereocenters. The first-order valence-electron chi connectivity index (χ1n) is 12.7. The van der Waals surface area contributed by atoms with Gasteiger partial charge in [0, 0.05) is 16.3 Å². The van der Waals surface area contributed by atoms with Gasteiger partial charge in [0.1, 0.15) is 16.5 Å². The molecule has 4 aromatic carbocycles. The fourth-order valence-corrected chi connectivity index (χ4v) is 6.48. The molecule has 0 aliphatic rings. The topological polar surface area (TPSA) is 111 Å². The van der Waals surface area contributed by atoms with Crippen molar-refractivity contribution in [1.29, 1.82) is 0 Å². The van der Waals surface area contributed by atoms with E-state index in [9.17, 15) is 23.5 Å². The van der Waals surface area contributed by atoms with Crippen LogP contribution in [0.25, 0.3) is 10.6 Å². The summed E-state index contributed by atoms with van der Waals surface area (Å²) in [5.41, 5.74) is 2.22. The van der Waals surface area contributed by atoms with Crippen LogP contribution < -0.4 is 9.64 Å². The third kappa shape index (κ3) is 7.98. The van der Waals surface area contributed by atoms with Crippen molar-refractivity contribution in [2.24, 2.45) is 0 Å². The lowest BCUT2D eigenvalue weighted by molar-refractivity contribution is -0.0881. The molecule has 1 aromatic heterocycles. The third-order valence-electron chi connectivity index (χ3n) is 6.29. The number of carboxylic acid groups (broad SMARTS) is 1. The first-order valence-corrected chi connectivity index (χ1v) is 16.4. The van der Waals surface area contributed by atoms with Crippen LogP contribution in [0, 0.1) is 0 Å². The highest BCUT2D eigenvalue weighted by Crippen LogP contribution is 2.53. The Hall–Kier alpha value is -3.61. The van der Waals surface area contributed by atoms with Gasteiger partial charge in [-0.15, -0.1) is 19.7 Å². The Kier molecular flexibility index (Phi) is 10.4. The largest absolute Gasteiger partial charge is 0.478 e. The SMILES string of the molecule is O=C(O)c1cccc(Oc2cccc(-c3nnc(N(Cc4ccc(CP(=O)(OF)OF)c(Cl)c4)c4ccc(Cl)c(Cl)c4)s3)c2)c1. The van der Waals surface area contributed by atoms with Crippen molar-refractivity contribution in [3.63, 3.8) is 0 Å². The maximum absolute atomic E-state index is 12.6. The second-order valence-corrected chi connectivity index (χ2v) is 13.4. The zero-order chi connectivity index (χ0) is 32.1. The number of carboxylic acids is 1. The van der Waals surface area contributed by atoms with Gasteiger partial charge >= 0.3 is 13.6 Å². The zero-order valence-corrected chi connectivity index (χ0v) is 26.6. The van der Waals surface area contributed by atoms with E-state index in [2.05, 4.69) is 19.7 Å². The van der Waals surface area contributed by atoms with Crippen LogP contribution in [0.1, 0.15) is 21.5 Å². The molecular formula is C29H19Cl3F2N3O6PS. The van der Waals surface area contributed by atoms with Crippen molar-refractivity contribution in [1.82, 2.24) is 10.2 Å². The number of aromatic nitrogens is 2. The van der Waals surface area contributed by atoms with E-state index in [0.29, 0.717) is 48.5 Å². The van der Waals surface area contributed by atoms with Gasteiger partial charge < -0.3 is 14.7 Å². The predicted octanol–water partition coefficient (Wildman–Crippen LogP) is 10.5. The van der Waals surface area contributed by atoms with Gasteiger partial charge in [0.25, 0.3) is 0 Å². The van der Waals surface area contributed by atoms with Gasteiger partial charge in [-0.25, -0.2) is 4.79 Å². The smallest absolute Gasteiger partial charge is 0.399 e. The van der Waals surface area contributed by atoms with E-state index in [4.69, 9.17) is 39.5 Å². The summed E-state index contributed by atoms with van der Waals surface area (Å²) in [5, 5.41) is 19.8. The van der Waals surface area contributed by atoms with Crippen LogP contribution in [0.3, 0.4) is 0 Å². The van der Waals surface area contributed by atoms with Crippen LogP contribution in [0.2, 0.25) is 15.1 Å². The van der Waals surface area contributed by atoms with Gasteiger partial charge in [-0.2, -0.15) is 0 Å². The monoisotopic (exact) mass is 711 g/mol. The Bertz CT molecular complexity index is 1910. The average molecular weight is 713 g/mol. The van der Waals surface area contributed by atoms with Gasteiger partial charge in [-0.1, -0.05) is 76.5 Å². The van der Waals surface area contributed by atoms with Crippen molar-refractivity contribution in [2.75, 3.05) is 4.90 Å². The van der Waals surface area contributed by atoms with Gasteiger partial charge in [0.2, 0.25) is 5.13 Å². The van der Waals surface area contributed by atoms with E-state index in [1.54, 1.807) is 60.7 Å². The van der Waals surface area contributed by atoms with E-state index >= 15 is 0 Å². The van der Waals surface area contributed by atoms with Crippen molar-refractivity contribution in [3.05, 3.63) is 117 Å². The van der Waals surface area contributed by atoms with Gasteiger partial charge in [0.15, 0.2) is 0 Å². The molecule has 5 aromatic rings. The van der Waals surface area contributed by atoms with E-state index in [0.717, 1.165) is 0 Å². The molecule has 0 spiro atoms. The van der Waals surface area contributed by atoms with E-state index < -0.39 is 19.7 Å². The number of halogens is 5. The van der Waals surface area contributed by atoms with Crippen LogP contribution in [0.15, 0.2) is 84.9 Å². The number of anilines is 2.